The predicted octanol–water partition coefficient (Wildman–Crippen LogP) is 2.85. The lowest BCUT2D eigenvalue weighted by Gasteiger charge is -2.09. The van der Waals surface area contributed by atoms with Gasteiger partial charge in [-0.05, 0) is 52.7 Å². The lowest BCUT2D eigenvalue weighted by molar-refractivity contribution is 0.113. The minimum atomic E-state index is -0.600. The van der Waals surface area contributed by atoms with Crippen molar-refractivity contribution in [1.82, 2.24) is 4.98 Å². The third-order valence-corrected chi connectivity index (χ3v) is 4.39. The lowest BCUT2D eigenvalue weighted by Crippen LogP contribution is -2.12. The molecule has 2 fully saturated rings. The first kappa shape index (κ1) is 9.79. The molecular formula is C12H14BrNO. The number of rotatable bonds is 1. The highest BCUT2D eigenvalue weighted by atomic mass is 79.9. The molecule has 0 aliphatic heterocycles. The molecule has 3 rings (SSSR count). The number of pyridine rings is 1. The Hall–Kier alpha value is -0.410. The van der Waals surface area contributed by atoms with Gasteiger partial charge < -0.3 is 5.11 Å². The minimum Gasteiger partial charge on any atom is -0.383 e. The third kappa shape index (κ3) is 1.36. The fourth-order valence-corrected chi connectivity index (χ4v) is 3.32. The summed E-state index contributed by atoms with van der Waals surface area (Å²) in [4.78, 5) is 4.34. The van der Waals surface area contributed by atoms with Gasteiger partial charge in [-0.2, -0.15) is 0 Å². The Morgan fingerprint density at radius 1 is 1.27 bits per heavy atom. The normalized spacial score (nSPS) is 38.5. The number of nitrogens with zero attached hydrogens (tertiary/aromatic N) is 1. The van der Waals surface area contributed by atoms with Crippen LogP contribution in [0.15, 0.2) is 22.8 Å². The average molecular weight is 268 g/mol. The number of hydrogen-bond acceptors (Lipinski definition) is 2. The first-order valence-electron chi connectivity index (χ1n) is 5.57. The van der Waals surface area contributed by atoms with Gasteiger partial charge in [-0.15, -0.1) is 0 Å². The second-order valence-electron chi connectivity index (χ2n) is 4.68. The van der Waals surface area contributed by atoms with Crippen LogP contribution in [0.25, 0.3) is 0 Å². The van der Waals surface area contributed by atoms with Crippen LogP contribution in [-0.4, -0.2) is 10.1 Å². The van der Waals surface area contributed by atoms with E-state index in [-0.39, 0.29) is 0 Å². The quantitative estimate of drug-likeness (QED) is 0.849. The monoisotopic (exact) mass is 267 g/mol. The van der Waals surface area contributed by atoms with Crippen molar-refractivity contribution in [2.45, 2.75) is 31.3 Å². The summed E-state index contributed by atoms with van der Waals surface area (Å²) in [6.45, 7) is 0. The molecule has 15 heavy (non-hydrogen) atoms. The molecule has 2 unspecified atom stereocenters. The molecule has 0 saturated heterocycles. The fourth-order valence-electron chi connectivity index (χ4n) is 3.09. The summed E-state index contributed by atoms with van der Waals surface area (Å²) >= 11 is 3.37. The Kier molecular flexibility index (Phi) is 2.15. The van der Waals surface area contributed by atoms with Crippen molar-refractivity contribution in [3.05, 3.63) is 28.5 Å². The largest absolute Gasteiger partial charge is 0.383 e. The van der Waals surface area contributed by atoms with Crippen molar-refractivity contribution in [1.29, 1.82) is 0 Å². The van der Waals surface area contributed by atoms with E-state index in [0.717, 1.165) is 10.2 Å². The topological polar surface area (TPSA) is 33.1 Å². The van der Waals surface area contributed by atoms with Gasteiger partial charge in [0.15, 0.2) is 0 Å². The van der Waals surface area contributed by atoms with Crippen molar-refractivity contribution in [3.8, 4) is 0 Å². The van der Waals surface area contributed by atoms with E-state index in [1.807, 2.05) is 12.1 Å². The van der Waals surface area contributed by atoms with Crippen LogP contribution in [0, 0.1) is 11.8 Å². The molecule has 0 amide bonds. The van der Waals surface area contributed by atoms with Crippen LogP contribution in [0.1, 0.15) is 31.4 Å². The Morgan fingerprint density at radius 2 is 1.93 bits per heavy atom. The van der Waals surface area contributed by atoms with E-state index in [4.69, 9.17) is 0 Å². The van der Waals surface area contributed by atoms with E-state index in [1.54, 1.807) is 6.20 Å². The Bertz CT molecular complexity index is 364. The zero-order chi connectivity index (χ0) is 10.5. The first-order valence-corrected chi connectivity index (χ1v) is 6.36. The summed E-state index contributed by atoms with van der Waals surface area (Å²) in [7, 11) is 0. The van der Waals surface area contributed by atoms with Crippen LogP contribution < -0.4 is 0 Å². The summed E-state index contributed by atoms with van der Waals surface area (Å²) in [6, 6.07) is 3.91. The Morgan fingerprint density at radius 3 is 2.47 bits per heavy atom. The molecule has 0 bridgehead atoms. The molecule has 2 atom stereocenters. The highest BCUT2D eigenvalue weighted by Gasteiger charge is 2.65. The van der Waals surface area contributed by atoms with Crippen molar-refractivity contribution < 1.29 is 5.11 Å². The van der Waals surface area contributed by atoms with Gasteiger partial charge in [-0.1, -0.05) is 12.8 Å². The molecule has 2 aliphatic rings. The van der Waals surface area contributed by atoms with Gasteiger partial charge in [0.1, 0.15) is 5.60 Å². The van der Waals surface area contributed by atoms with Gasteiger partial charge in [-0.3, -0.25) is 4.98 Å². The summed E-state index contributed by atoms with van der Waals surface area (Å²) < 4.78 is 0.971. The van der Waals surface area contributed by atoms with Gasteiger partial charge in [0.05, 0.1) is 5.69 Å². The second kappa shape index (κ2) is 3.29. The number of halogens is 1. The molecule has 2 saturated carbocycles. The number of fused-ring (bicyclic) bond motifs is 1. The molecule has 1 aromatic rings. The highest BCUT2D eigenvalue weighted by molar-refractivity contribution is 9.10. The van der Waals surface area contributed by atoms with Crippen LogP contribution in [0.5, 0.6) is 0 Å². The lowest BCUT2D eigenvalue weighted by atomic mass is 10.0. The van der Waals surface area contributed by atoms with Gasteiger partial charge in [0.25, 0.3) is 0 Å². The van der Waals surface area contributed by atoms with E-state index < -0.39 is 5.60 Å². The molecule has 1 N–H and O–H groups in total. The maximum atomic E-state index is 10.6. The zero-order valence-electron chi connectivity index (χ0n) is 8.49. The fraction of sp³-hybridized carbons (Fsp3) is 0.583. The highest BCUT2D eigenvalue weighted by Crippen LogP contribution is 2.63. The molecule has 3 heteroatoms. The van der Waals surface area contributed by atoms with Crippen LogP contribution >= 0.6 is 15.9 Å². The Labute approximate surface area is 97.9 Å². The zero-order valence-corrected chi connectivity index (χ0v) is 10.1. The van der Waals surface area contributed by atoms with E-state index in [9.17, 15) is 5.11 Å². The van der Waals surface area contributed by atoms with Gasteiger partial charge in [0.2, 0.25) is 0 Å². The van der Waals surface area contributed by atoms with Crippen molar-refractivity contribution >= 4 is 15.9 Å². The molecule has 1 aromatic heterocycles. The average Bonchev–Trinajstić information content (AvgIpc) is 2.88. The number of aliphatic hydroxyl groups is 1. The van der Waals surface area contributed by atoms with Crippen LogP contribution in [0.4, 0.5) is 0 Å². The standard InChI is InChI=1S/C12H14BrNO/c13-8-5-6-11(14-7-8)12(15)9-3-1-2-4-10(9)12/h5-7,9-10,15H,1-4H2. The first-order chi connectivity index (χ1) is 7.23. The summed E-state index contributed by atoms with van der Waals surface area (Å²) in [5, 5.41) is 10.6. The SMILES string of the molecule is OC1(c2ccc(Br)cn2)C2CCCCC21. The molecule has 0 aromatic carbocycles. The molecule has 0 radical (unpaired) electrons. The maximum absolute atomic E-state index is 10.6. The molecule has 0 spiro atoms. The molecule has 1 heterocycles. The van der Waals surface area contributed by atoms with E-state index >= 15 is 0 Å². The summed E-state index contributed by atoms with van der Waals surface area (Å²) in [5.41, 5.74) is 0.264. The van der Waals surface area contributed by atoms with Crippen molar-refractivity contribution in [3.63, 3.8) is 0 Å². The molecule has 2 aliphatic carbocycles. The van der Waals surface area contributed by atoms with Crippen LogP contribution in [0.2, 0.25) is 0 Å². The van der Waals surface area contributed by atoms with Gasteiger partial charge in [0, 0.05) is 10.7 Å². The van der Waals surface area contributed by atoms with Gasteiger partial charge in [-0.25, -0.2) is 0 Å². The minimum absolute atomic E-state index is 0.472. The maximum Gasteiger partial charge on any atom is 0.113 e. The summed E-state index contributed by atoms with van der Waals surface area (Å²) in [6.07, 6.45) is 6.63. The molecule has 80 valence electrons. The molecular weight excluding hydrogens is 254 g/mol. The Balaban J connectivity index is 1.91. The molecule has 2 nitrogen and oxygen atoms in total. The van der Waals surface area contributed by atoms with Crippen molar-refractivity contribution in [2.24, 2.45) is 11.8 Å². The van der Waals surface area contributed by atoms with Gasteiger partial charge >= 0.3 is 0 Å². The summed E-state index contributed by atoms with van der Waals surface area (Å²) in [5.74, 6) is 0.944. The predicted molar refractivity (Wildman–Crippen MR) is 61.3 cm³/mol. The third-order valence-electron chi connectivity index (χ3n) is 3.93. The number of hydrogen-bond donors (Lipinski definition) is 1. The van der Waals surface area contributed by atoms with Crippen LogP contribution in [-0.2, 0) is 5.60 Å². The van der Waals surface area contributed by atoms with E-state index in [2.05, 4.69) is 20.9 Å². The van der Waals surface area contributed by atoms with E-state index in [1.165, 1.54) is 25.7 Å². The number of aromatic nitrogens is 1. The smallest absolute Gasteiger partial charge is 0.113 e. The van der Waals surface area contributed by atoms with E-state index in [0.29, 0.717) is 11.8 Å². The van der Waals surface area contributed by atoms with Crippen LogP contribution in [0.3, 0.4) is 0 Å². The second-order valence-corrected chi connectivity index (χ2v) is 5.60. The van der Waals surface area contributed by atoms with Crippen molar-refractivity contribution in [2.75, 3.05) is 0 Å².